The van der Waals surface area contributed by atoms with E-state index in [9.17, 15) is 0 Å². The largest absolute Gasteiger partial charge is 0.383 e. The van der Waals surface area contributed by atoms with Gasteiger partial charge in [-0.05, 0) is 44.7 Å². The summed E-state index contributed by atoms with van der Waals surface area (Å²) in [5, 5.41) is 3.50. The van der Waals surface area contributed by atoms with Crippen molar-refractivity contribution in [2.24, 2.45) is 16.8 Å². The van der Waals surface area contributed by atoms with Crippen LogP contribution in [-0.4, -0.2) is 76.8 Å². The van der Waals surface area contributed by atoms with E-state index < -0.39 is 0 Å². The molecule has 5 nitrogen and oxygen atoms in total. The van der Waals surface area contributed by atoms with Gasteiger partial charge in [-0.15, -0.1) is 0 Å². The molecular formula is C18H38N4O. The minimum absolute atomic E-state index is 0.800. The number of methoxy groups -OCH3 is 1. The van der Waals surface area contributed by atoms with Crippen LogP contribution < -0.4 is 5.32 Å². The fraction of sp³-hybridized carbons (Fsp3) is 0.944. The van der Waals surface area contributed by atoms with Gasteiger partial charge in [-0.3, -0.25) is 4.99 Å². The molecule has 0 amide bonds. The van der Waals surface area contributed by atoms with E-state index in [1.807, 2.05) is 7.05 Å². The predicted octanol–water partition coefficient (Wildman–Crippen LogP) is 2.29. The van der Waals surface area contributed by atoms with Crippen molar-refractivity contribution in [3.63, 3.8) is 0 Å². The number of hydrogen-bond donors (Lipinski definition) is 1. The molecule has 1 saturated carbocycles. The Labute approximate surface area is 143 Å². The van der Waals surface area contributed by atoms with E-state index in [1.54, 1.807) is 7.11 Å². The number of nitrogens with one attached hydrogen (secondary N) is 1. The molecule has 0 spiro atoms. The number of aliphatic imine (C=N–C) groups is 1. The number of rotatable bonds is 9. The van der Waals surface area contributed by atoms with Crippen LogP contribution >= 0.6 is 0 Å². The van der Waals surface area contributed by atoms with Crippen molar-refractivity contribution in [3.05, 3.63) is 0 Å². The van der Waals surface area contributed by atoms with E-state index in [0.717, 1.165) is 57.0 Å². The Morgan fingerprint density at radius 3 is 2.48 bits per heavy atom. The van der Waals surface area contributed by atoms with Crippen LogP contribution in [0.1, 0.15) is 39.0 Å². The molecule has 0 saturated heterocycles. The molecule has 136 valence electrons. The first-order valence-corrected chi connectivity index (χ1v) is 9.16. The Balaban J connectivity index is 2.20. The van der Waals surface area contributed by atoms with Crippen molar-refractivity contribution < 1.29 is 4.74 Å². The van der Waals surface area contributed by atoms with Gasteiger partial charge in [0.25, 0.3) is 0 Å². The van der Waals surface area contributed by atoms with Crippen LogP contribution in [0.4, 0.5) is 0 Å². The first-order chi connectivity index (χ1) is 11.1. The summed E-state index contributed by atoms with van der Waals surface area (Å²) in [6.07, 6.45) is 6.63. The summed E-state index contributed by atoms with van der Waals surface area (Å²) in [5.41, 5.74) is 0. The van der Waals surface area contributed by atoms with Crippen LogP contribution in [0.25, 0.3) is 0 Å². The Hall–Kier alpha value is -0.810. The highest BCUT2D eigenvalue weighted by Gasteiger charge is 2.20. The van der Waals surface area contributed by atoms with Crippen LogP contribution in [0, 0.1) is 11.8 Å². The first-order valence-electron chi connectivity index (χ1n) is 9.16. The lowest BCUT2D eigenvalue weighted by molar-refractivity contribution is 0.161. The van der Waals surface area contributed by atoms with Gasteiger partial charge >= 0.3 is 0 Å². The van der Waals surface area contributed by atoms with E-state index in [2.05, 4.69) is 41.1 Å². The summed E-state index contributed by atoms with van der Waals surface area (Å²) in [5.74, 6) is 2.78. The zero-order valence-electron chi connectivity index (χ0n) is 16.0. The third-order valence-corrected chi connectivity index (χ3v) is 4.92. The smallest absolute Gasteiger partial charge is 0.193 e. The average molecular weight is 327 g/mol. The minimum atomic E-state index is 0.800. The third-order valence-electron chi connectivity index (χ3n) is 4.92. The molecule has 5 heteroatoms. The zero-order chi connectivity index (χ0) is 17.1. The topological polar surface area (TPSA) is 40.1 Å². The summed E-state index contributed by atoms with van der Waals surface area (Å²) in [6, 6.07) is 0. The number of hydrogen-bond acceptors (Lipinski definition) is 3. The van der Waals surface area contributed by atoms with Crippen molar-refractivity contribution in [1.29, 1.82) is 0 Å². The van der Waals surface area contributed by atoms with Gasteiger partial charge in [0.05, 0.1) is 6.61 Å². The van der Waals surface area contributed by atoms with Gasteiger partial charge < -0.3 is 19.9 Å². The van der Waals surface area contributed by atoms with Gasteiger partial charge in [-0.2, -0.15) is 0 Å². The van der Waals surface area contributed by atoms with Gasteiger partial charge in [-0.1, -0.05) is 19.8 Å². The molecule has 1 rings (SSSR count). The van der Waals surface area contributed by atoms with Gasteiger partial charge in [-0.25, -0.2) is 0 Å². The normalized spacial score (nSPS) is 22.4. The van der Waals surface area contributed by atoms with Crippen molar-refractivity contribution in [2.45, 2.75) is 39.0 Å². The maximum Gasteiger partial charge on any atom is 0.193 e. The SMILES string of the molecule is CN=C(NCCCN(C)CCOC)N(C)CC1CCC(C)CC1. The van der Waals surface area contributed by atoms with Crippen molar-refractivity contribution in [2.75, 3.05) is 61.0 Å². The second kappa shape index (κ2) is 11.7. The minimum Gasteiger partial charge on any atom is -0.383 e. The van der Waals surface area contributed by atoms with Crippen LogP contribution in [0.3, 0.4) is 0 Å². The molecule has 0 atom stereocenters. The van der Waals surface area contributed by atoms with E-state index in [4.69, 9.17) is 4.74 Å². The van der Waals surface area contributed by atoms with E-state index in [-0.39, 0.29) is 0 Å². The summed E-state index contributed by atoms with van der Waals surface area (Å²) in [7, 11) is 7.94. The number of likely N-dealkylation sites (N-methyl/N-ethyl adjacent to an activating group) is 1. The molecule has 0 radical (unpaired) electrons. The third kappa shape index (κ3) is 8.56. The molecule has 23 heavy (non-hydrogen) atoms. The lowest BCUT2D eigenvalue weighted by atomic mass is 9.83. The number of nitrogens with zero attached hydrogens (tertiary/aromatic N) is 3. The van der Waals surface area contributed by atoms with Gasteiger partial charge in [0.1, 0.15) is 0 Å². The highest BCUT2D eigenvalue weighted by Crippen LogP contribution is 2.28. The van der Waals surface area contributed by atoms with E-state index in [0.29, 0.717) is 0 Å². The standard InChI is InChI=1S/C18H38N4O/c1-16-7-9-17(10-8-16)15-22(4)18(19-2)20-11-6-12-21(3)13-14-23-5/h16-17H,6-15H2,1-5H3,(H,19,20). The molecule has 1 aliphatic carbocycles. The molecular weight excluding hydrogens is 288 g/mol. The maximum atomic E-state index is 5.10. The van der Waals surface area contributed by atoms with Gasteiger partial charge in [0, 0.05) is 40.8 Å². The molecule has 0 aromatic carbocycles. The second-order valence-electron chi connectivity index (χ2n) is 7.13. The molecule has 0 aliphatic heterocycles. The van der Waals surface area contributed by atoms with Gasteiger partial charge in [0.15, 0.2) is 5.96 Å². The molecule has 0 aromatic heterocycles. The van der Waals surface area contributed by atoms with Crippen molar-refractivity contribution in [1.82, 2.24) is 15.1 Å². The molecule has 1 fully saturated rings. The molecule has 0 bridgehead atoms. The van der Waals surface area contributed by atoms with Crippen LogP contribution in [-0.2, 0) is 4.74 Å². The van der Waals surface area contributed by atoms with Crippen molar-refractivity contribution >= 4 is 5.96 Å². The first kappa shape index (κ1) is 20.2. The Kier molecular flexibility index (Phi) is 10.3. The monoisotopic (exact) mass is 326 g/mol. The average Bonchev–Trinajstić information content (AvgIpc) is 2.55. The molecule has 0 unspecified atom stereocenters. The van der Waals surface area contributed by atoms with E-state index in [1.165, 1.54) is 25.7 Å². The highest BCUT2D eigenvalue weighted by atomic mass is 16.5. The van der Waals surface area contributed by atoms with Crippen molar-refractivity contribution in [3.8, 4) is 0 Å². The van der Waals surface area contributed by atoms with Crippen LogP contribution in [0.5, 0.6) is 0 Å². The van der Waals surface area contributed by atoms with Gasteiger partial charge in [0.2, 0.25) is 0 Å². The Morgan fingerprint density at radius 1 is 1.17 bits per heavy atom. The lowest BCUT2D eigenvalue weighted by Crippen LogP contribution is -2.42. The Morgan fingerprint density at radius 2 is 1.87 bits per heavy atom. The zero-order valence-corrected chi connectivity index (χ0v) is 16.0. The number of guanidine groups is 1. The molecule has 1 aliphatic rings. The maximum absolute atomic E-state index is 5.10. The molecule has 0 aromatic rings. The second-order valence-corrected chi connectivity index (χ2v) is 7.13. The summed E-state index contributed by atoms with van der Waals surface area (Å²) in [4.78, 5) is 9.04. The quantitative estimate of drug-likeness (QED) is 0.401. The molecule has 0 heterocycles. The van der Waals surface area contributed by atoms with Crippen LogP contribution in [0.15, 0.2) is 4.99 Å². The fourth-order valence-electron chi connectivity index (χ4n) is 3.28. The summed E-state index contributed by atoms with van der Waals surface area (Å²) in [6.45, 7) is 7.34. The highest BCUT2D eigenvalue weighted by molar-refractivity contribution is 5.79. The fourth-order valence-corrected chi connectivity index (χ4v) is 3.28. The Bertz CT molecular complexity index is 327. The summed E-state index contributed by atoms with van der Waals surface area (Å²) < 4.78 is 5.10. The predicted molar refractivity (Wildman–Crippen MR) is 99.1 cm³/mol. The van der Waals surface area contributed by atoms with E-state index >= 15 is 0 Å². The number of ether oxygens (including phenoxy) is 1. The van der Waals surface area contributed by atoms with Crippen LogP contribution in [0.2, 0.25) is 0 Å². The lowest BCUT2D eigenvalue weighted by Gasteiger charge is -2.31. The molecule has 1 N–H and O–H groups in total. The summed E-state index contributed by atoms with van der Waals surface area (Å²) >= 11 is 0.